The quantitative estimate of drug-likeness (QED) is 0.752. The van der Waals surface area contributed by atoms with E-state index in [9.17, 15) is 4.79 Å². The van der Waals surface area contributed by atoms with E-state index in [1.54, 1.807) is 21.1 Å². The van der Waals surface area contributed by atoms with Crippen LogP contribution in [0.15, 0.2) is 40.3 Å². The third kappa shape index (κ3) is 2.53. The Morgan fingerprint density at radius 3 is 2.19 bits per heavy atom. The van der Waals surface area contributed by atoms with E-state index in [0.29, 0.717) is 11.4 Å². The Hall–Kier alpha value is -1.97. The molecule has 4 nitrogen and oxygen atoms in total. The SMILES string of the molecule is CN=C(C(=O)NC)C(=NC)c1ccccc1. The fourth-order valence-corrected chi connectivity index (χ4v) is 1.40. The highest BCUT2D eigenvalue weighted by Gasteiger charge is 2.16. The van der Waals surface area contributed by atoms with Crippen LogP contribution in [0.5, 0.6) is 0 Å². The lowest BCUT2D eigenvalue weighted by Gasteiger charge is -2.07. The van der Waals surface area contributed by atoms with E-state index < -0.39 is 0 Å². The minimum Gasteiger partial charge on any atom is -0.354 e. The monoisotopic (exact) mass is 217 g/mol. The molecule has 0 saturated carbocycles. The molecule has 0 unspecified atom stereocenters. The van der Waals surface area contributed by atoms with Crippen LogP contribution in [0, 0.1) is 0 Å². The van der Waals surface area contributed by atoms with Gasteiger partial charge < -0.3 is 5.32 Å². The van der Waals surface area contributed by atoms with Crippen LogP contribution in [0.25, 0.3) is 0 Å². The van der Waals surface area contributed by atoms with Crippen molar-refractivity contribution in [3.05, 3.63) is 35.9 Å². The number of aliphatic imine (C=N–C) groups is 2. The van der Waals surface area contributed by atoms with Crippen molar-refractivity contribution in [2.24, 2.45) is 9.98 Å². The number of nitrogens with one attached hydrogen (secondary N) is 1. The third-order valence-electron chi connectivity index (χ3n) is 2.16. The highest BCUT2D eigenvalue weighted by atomic mass is 16.1. The maximum absolute atomic E-state index is 11.6. The number of nitrogens with zero attached hydrogens (tertiary/aromatic N) is 2. The van der Waals surface area contributed by atoms with Gasteiger partial charge in [0.2, 0.25) is 0 Å². The molecule has 84 valence electrons. The summed E-state index contributed by atoms with van der Waals surface area (Å²) in [6, 6.07) is 9.52. The fourth-order valence-electron chi connectivity index (χ4n) is 1.40. The summed E-state index contributed by atoms with van der Waals surface area (Å²) in [5, 5.41) is 2.55. The molecule has 4 heteroatoms. The summed E-state index contributed by atoms with van der Waals surface area (Å²) >= 11 is 0. The average Bonchev–Trinajstić information content (AvgIpc) is 2.36. The largest absolute Gasteiger partial charge is 0.354 e. The van der Waals surface area contributed by atoms with Crippen molar-refractivity contribution < 1.29 is 4.79 Å². The second-order valence-corrected chi connectivity index (χ2v) is 3.09. The molecule has 0 aliphatic heterocycles. The molecule has 0 aromatic heterocycles. The van der Waals surface area contributed by atoms with E-state index in [0.717, 1.165) is 5.56 Å². The second kappa shape index (κ2) is 5.80. The van der Waals surface area contributed by atoms with Crippen LogP contribution in [0.2, 0.25) is 0 Å². The summed E-state index contributed by atoms with van der Waals surface area (Å²) in [7, 11) is 4.81. The maximum atomic E-state index is 11.6. The zero-order valence-electron chi connectivity index (χ0n) is 9.69. The normalized spacial score (nSPS) is 12.4. The van der Waals surface area contributed by atoms with E-state index >= 15 is 0 Å². The number of hydrogen-bond donors (Lipinski definition) is 1. The first-order valence-corrected chi connectivity index (χ1v) is 4.96. The number of hydrogen-bond acceptors (Lipinski definition) is 3. The summed E-state index contributed by atoms with van der Waals surface area (Å²) in [5.41, 5.74) is 1.83. The molecule has 1 rings (SSSR count). The summed E-state index contributed by atoms with van der Waals surface area (Å²) in [6.45, 7) is 0. The van der Waals surface area contributed by atoms with Crippen LogP contribution in [-0.4, -0.2) is 38.5 Å². The standard InChI is InChI=1S/C12H15N3O/c1-13-10(9-7-5-4-6-8-9)11(14-2)12(16)15-3/h4-8H,1-3H3,(H,15,16). The van der Waals surface area contributed by atoms with Crippen LogP contribution in [0.4, 0.5) is 0 Å². The van der Waals surface area contributed by atoms with Gasteiger partial charge in [-0.05, 0) is 0 Å². The number of amides is 1. The summed E-state index contributed by atoms with van der Waals surface area (Å²) in [4.78, 5) is 19.7. The van der Waals surface area contributed by atoms with Crippen LogP contribution < -0.4 is 5.32 Å². The number of rotatable bonds is 3. The van der Waals surface area contributed by atoms with E-state index in [4.69, 9.17) is 0 Å². The predicted octanol–water partition coefficient (Wildman–Crippen LogP) is 0.922. The van der Waals surface area contributed by atoms with Gasteiger partial charge in [0.15, 0.2) is 0 Å². The van der Waals surface area contributed by atoms with Crippen molar-refractivity contribution in [1.82, 2.24) is 5.32 Å². The zero-order valence-corrected chi connectivity index (χ0v) is 9.69. The second-order valence-electron chi connectivity index (χ2n) is 3.09. The van der Waals surface area contributed by atoms with E-state index in [2.05, 4.69) is 15.3 Å². The molecule has 0 aliphatic rings. The molecular formula is C12H15N3O. The lowest BCUT2D eigenvalue weighted by Crippen LogP contribution is -2.34. The van der Waals surface area contributed by atoms with Gasteiger partial charge in [0.05, 0.1) is 5.71 Å². The van der Waals surface area contributed by atoms with Gasteiger partial charge in [0, 0.05) is 26.7 Å². The van der Waals surface area contributed by atoms with Crippen molar-refractivity contribution in [2.45, 2.75) is 0 Å². The van der Waals surface area contributed by atoms with Gasteiger partial charge in [-0.3, -0.25) is 14.8 Å². The van der Waals surface area contributed by atoms with Gasteiger partial charge in [-0.1, -0.05) is 30.3 Å². The average molecular weight is 217 g/mol. The molecule has 0 atom stereocenters. The van der Waals surface area contributed by atoms with Crippen molar-refractivity contribution in [2.75, 3.05) is 21.1 Å². The summed E-state index contributed by atoms with van der Waals surface area (Å²) in [6.07, 6.45) is 0. The van der Waals surface area contributed by atoms with Gasteiger partial charge in [-0.2, -0.15) is 0 Å². The van der Waals surface area contributed by atoms with Crippen LogP contribution in [0.1, 0.15) is 5.56 Å². The molecule has 1 aromatic carbocycles. The lowest BCUT2D eigenvalue weighted by molar-refractivity contribution is -0.114. The van der Waals surface area contributed by atoms with Gasteiger partial charge >= 0.3 is 0 Å². The van der Waals surface area contributed by atoms with E-state index in [1.807, 2.05) is 30.3 Å². The van der Waals surface area contributed by atoms with Crippen molar-refractivity contribution in [1.29, 1.82) is 0 Å². The minimum atomic E-state index is -0.230. The van der Waals surface area contributed by atoms with Crippen LogP contribution in [-0.2, 0) is 4.79 Å². The number of carbonyl (C=O) groups is 1. The smallest absolute Gasteiger partial charge is 0.271 e. The molecule has 0 spiro atoms. The highest BCUT2D eigenvalue weighted by Crippen LogP contribution is 2.03. The lowest BCUT2D eigenvalue weighted by atomic mass is 10.1. The highest BCUT2D eigenvalue weighted by molar-refractivity contribution is 6.70. The molecule has 16 heavy (non-hydrogen) atoms. The Balaban J connectivity index is 3.14. The van der Waals surface area contributed by atoms with Gasteiger partial charge in [-0.15, -0.1) is 0 Å². The van der Waals surface area contributed by atoms with Gasteiger partial charge in [-0.25, -0.2) is 0 Å². The summed E-state index contributed by atoms with van der Waals surface area (Å²) in [5.74, 6) is -0.230. The molecule has 0 radical (unpaired) electrons. The molecule has 1 N–H and O–H groups in total. The van der Waals surface area contributed by atoms with Gasteiger partial charge in [0.1, 0.15) is 5.71 Å². The molecule has 0 heterocycles. The molecular weight excluding hydrogens is 202 g/mol. The van der Waals surface area contributed by atoms with Crippen LogP contribution >= 0.6 is 0 Å². The van der Waals surface area contributed by atoms with Crippen molar-refractivity contribution >= 4 is 17.3 Å². The Morgan fingerprint density at radius 2 is 1.75 bits per heavy atom. The number of benzene rings is 1. The minimum absolute atomic E-state index is 0.230. The number of carbonyl (C=O) groups excluding carboxylic acids is 1. The molecule has 1 aromatic rings. The Bertz CT molecular complexity index is 421. The fraction of sp³-hybridized carbons (Fsp3) is 0.250. The predicted molar refractivity (Wildman–Crippen MR) is 66.3 cm³/mol. The Kier molecular flexibility index (Phi) is 4.39. The summed E-state index contributed by atoms with van der Waals surface area (Å²) < 4.78 is 0. The molecule has 1 amide bonds. The van der Waals surface area contributed by atoms with Crippen molar-refractivity contribution in [3.8, 4) is 0 Å². The first-order valence-electron chi connectivity index (χ1n) is 4.96. The molecule has 0 aliphatic carbocycles. The Labute approximate surface area is 95.1 Å². The van der Waals surface area contributed by atoms with Crippen molar-refractivity contribution in [3.63, 3.8) is 0 Å². The van der Waals surface area contributed by atoms with Crippen LogP contribution in [0.3, 0.4) is 0 Å². The third-order valence-corrected chi connectivity index (χ3v) is 2.16. The van der Waals surface area contributed by atoms with E-state index in [1.165, 1.54) is 0 Å². The topological polar surface area (TPSA) is 53.8 Å². The zero-order chi connectivity index (χ0) is 12.0. The Morgan fingerprint density at radius 1 is 1.12 bits per heavy atom. The molecule has 0 bridgehead atoms. The maximum Gasteiger partial charge on any atom is 0.271 e. The molecule has 0 saturated heterocycles. The molecule has 0 fully saturated rings. The first kappa shape index (κ1) is 12.1. The van der Waals surface area contributed by atoms with E-state index in [-0.39, 0.29) is 5.91 Å². The first-order chi connectivity index (χ1) is 7.74. The van der Waals surface area contributed by atoms with Gasteiger partial charge in [0.25, 0.3) is 5.91 Å².